The Morgan fingerprint density at radius 2 is 1.87 bits per heavy atom. The number of fused-ring (bicyclic) bond motifs is 4. The lowest BCUT2D eigenvalue weighted by Gasteiger charge is -2.26. The van der Waals surface area contributed by atoms with E-state index in [2.05, 4.69) is 9.88 Å². The second-order valence-corrected chi connectivity index (χ2v) is 7.78. The zero-order valence-electron chi connectivity index (χ0n) is 17.1. The molecule has 0 aliphatic carbocycles. The van der Waals surface area contributed by atoms with Crippen LogP contribution in [0.2, 0.25) is 0 Å². The van der Waals surface area contributed by atoms with Crippen LogP contribution in [0, 0.1) is 0 Å². The molecule has 4 aromatic rings. The maximum absolute atomic E-state index is 14.1. The van der Waals surface area contributed by atoms with Gasteiger partial charge in [-0.25, -0.2) is 0 Å². The number of halogens is 3. The molecule has 31 heavy (non-hydrogen) atoms. The number of nitrogens with zero attached hydrogens (tertiary/aromatic N) is 3. The molecule has 8 heteroatoms. The molecule has 0 unspecified atom stereocenters. The minimum absolute atomic E-state index is 0.155. The molecule has 0 amide bonds. The van der Waals surface area contributed by atoms with Gasteiger partial charge >= 0.3 is 6.18 Å². The van der Waals surface area contributed by atoms with Gasteiger partial charge in [0.2, 0.25) is 0 Å². The second kappa shape index (κ2) is 7.69. The first-order valence-corrected chi connectivity index (χ1v) is 10.2. The highest BCUT2D eigenvalue weighted by Crippen LogP contribution is 2.43. The molecule has 2 aromatic heterocycles. The van der Waals surface area contributed by atoms with E-state index >= 15 is 0 Å². The third kappa shape index (κ3) is 3.59. The topological polar surface area (TPSA) is 39.5 Å². The lowest BCUT2D eigenvalue weighted by atomic mass is 10.0. The van der Waals surface area contributed by atoms with Gasteiger partial charge in [-0.2, -0.15) is 13.2 Å². The van der Waals surface area contributed by atoms with E-state index in [1.54, 1.807) is 17.7 Å². The van der Waals surface area contributed by atoms with Gasteiger partial charge in [0.15, 0.2) is 0 Å². The lowest BCUT2D eigenvalue weighted by Crippen LogP contribution is -2.38. The first-order valence-electron chi connectivity index (χ1n) is 10.2. The molecule has 0 spiro atoms. The molecule has 5 rings (SSSR count). The van der Waals surface area contributed by atoms with Gasteiger partial charge in [-0.15, -0.1) is 0 Å². The molecule has 0 saturated carbocycles. The molecule has 1 aliphatic heterocycles. The Kier molecular flexibility index (Phi) is 4.98. The number of morpholine rings is 1. The molecule has 1 saturated heterocycles. The molecule has 1 aliphatic rings. The summed E-state index contributed by atoms with van der Waals surface area (Å²) in [6.45, 7) is 4.51. The van der Waals surface area contributed by atoms with Gasteiger partial charge in [-0.1, -0.05) is 0 Å². The summed E-state index contributed by atoms with van der Waals surface area (Å²) < 4.78 is 55.2. The van der Waals surface area contributed by atoms with Crippen LogP contribution < -0.4 is 4.74 Å². The molecule has 0 bridgehead atoms. The quantitative estimate of drug-likeness (QED) is 0.475. The molecule has 3 heterocycles. The summed E-state index contributed by atoms with van der Waals surface area (Å²) in [5, 5.41) is 1.90. The average molecular weight is 429 g/mol. The third-order valence-corrected chi connectivity index (χ3v) is 5.93. The summed E-state index contributed by atoms with van der Waals surface area (Å²) in [5.41, 5.74) is 0.270. The summed E-state index contributed by atoms with van der Waals surface area (Å²) in [5.74, 6) is 0.646. The number of ether oxygens (including phenoxy) is 2. The van der Waals surface area contributed by atoms with Crippen LogP contribution >= 0.6 is 0 Å². The molecule has 0 atom stereocenters. The summed E-state index contributed by atoms with van der Waals surface area (Å²) in [4.78, 5) is 6.29. The van der Waals surface area contributed by atoms with Crippen LogP contribution in [0.1, 0.15) is 5.56 Å². The minimum Gasteiger partial charge on any atom is -0.492 e. The van der Waals surface area contributed by atoms with Crippen molar-refractivity contribution in [3.05, 3.63) is 48.3 Å². The van der Waals surface area contributed by atoms with Crippen LogP contribution in [0.4, 0.5) is 13.2 Å². The van der Waals surface area contributed by atoms with E-state index < -0.39 is 11.7 Å². The Bertz CT molecular complexity index is 1260. The van der Waals surface area contributed by atoms with Crippen molar-refractivity contribution in [2.45, 2.75) is 6.18 Å². The lowest BCUT2D eigenvalue weighted by molar-refractivity contribution is -0.135. The van der Waals surface area contributed by atoms with E-state index in [1.807, 2.05) is 18.2 Å². The van der Waals surface area contributed by atoms with Crippen molar-refractivity contribution >= 4 is 32.6 Å². The van der Waals surface area contributed by atoms with Gasteiger partial charge in [0.05, 0.1) is 24.3 Å². The van der Waals surface area contributed by atoms with E-state index in [1.165, 1.54) is 18.5 Å². The van der Waals surface area contributed by atoms with Crippen LogP contribution in [-0.4, -0.2) is 53.9 Å². The number of rotatable bonds is 4. The van der Waals surface area contributed by atoms with Gasteiger partial charge in [0, 0.05) is 60.8 Å². The molecule has 0 N–H and O–H groups in total. The third-order valence-electron chi connectivity index (χ3n) is 5.93. The summed E-state index contributed by atoms with van der Waals surface area (Å²) >= 11 is 0. The number of aryl methyl sites for hydroxylation is 1. The molecule has 5 nitrogen and oxygen atoms in total. The molecule has 162 valence electrons. The van der Waals surface area contributed by atoms with Crippen molar-refractivity contribution in [2.75, 3.05) is 39.5 Å². The Morgan fingerprint density at radius 1 is 1.06 bits per heavy atom. The predicted molar refractivity (Wildman–Crippen MR) is 113 cm³/mol. The molecular formula is C23H22F3N3O2. The molecule has 2 aromatic carbocycles. The van der Waals surface area contributed by atoms with E-state index in [4.69, 9.17) is 9.47 Å². The van der Waals surface area contributed by atoms with Crippen LogP contribution in [-0.2, 0) is 18.0 Å². The van der Waals surface area contributed by atoms with Gasteiger partial charge in [-0.05, 0) is 35.7 Å². The monoisotopic (exact) mass is 429 g/mol. The molecular weight excluding hydrogens is 407 g/mol. The first kappa shape index (κ1) is 20.1. The second-order valence-electron chi connectivity index (χ2n) is 7.78. The predicted octanol–water partition coefficient (Wildman–Crippen LogP) is 4.61. The highest BCUT2D eigenvalue weighted by Gasteiger charge is 2.36. The average Bonchev–Trinajstić information content (AvgIpc) is 3.03. The Hall–Kier alpha value is -2.84. The molecule has 0 radical (unpaired) electrons. The largest absolute Gasteiger partial charge is 0.492 e. The maximum Gasteiger partial charge on any atom is 0.419 e. The minimum atomic E-state index is -4.49. The maximum atomic E-state index is 14.1. The van der Waals surface area contributed by atoms with Crippen molar-refractivity contribution in [1.82, 2.24) is 14.5 Å². The Balaban J connectivity index is 1.58. The number of hydrogen-bond donors (Lipinski definition) is 0. The van der Waals surface area contributed by atoms with E-state index in [9.17, 15) is 13.2 Å². The number of aromatic nitrogens is 2. The van der Waals surface area contributed by atoms with E-state index in [-0.39, 0.29) is 10.9 Å². The van der Waals surface area contributed by atoms with Crippen molar-refractivity contribution in [3.63, 3.8) is 0 Å². The number of benzene rings is 2. The standard InChI is InChI=1S/C23H22F3N3O2/c1-28-20-3-2-16(31-11-8-29-6-9-30-10-7-29)13-18(20)19-12-15-14-27-5-4-17(15)21(22(19)28)23(24,25)26/h2-5,12-14H,6-11H2,1H3. The number of pyridine rings is 1. The van der Waals surface area contributed by atoms with Crippen molar-refractivity contribution in [3.8, 4) is 5.75 Å². The van der Waals surface area contributed by atoms with Gasteiger partial charge < -0.3 is 14.0 Å². The van der Waals surface area contributed by atoms with E-state index in [0.717, 1.165) is 43.8 Å². The highest BCUT2D eigenvalue weighted by molar-refractivity contribution is 6.15. The zero-order valence-corrected chi connectivity index (χ0v) is 17.1. The summed E-state index contributed by atoms with van der Waals surface area (Å²) in [6.07, 6.45) is -1.61. The molecule has 1 fully saturated rings. The Morgan fingerprint density at radius 3 is 2.65 bits per heavy atom. The number of hydrogen-bond acceptors (Lipinski definition) is 4. The highest BCUT2D eigenvalue weighted by atomic mass is 19.4. The van der Waals surface area contributed by atoms with Crippen LogP contribution in [0.3, 0.4) is 0 Å². The fourth-order valence-electron chi connectivity index (χ4n) is 4.43. The number of alkyl halides is 3. The van der Waals surface area contributed by atoms with Crippen molar-refractivity contribution < 1.29 is 22.6 Å². The fourth-order valence-corrected chi connectivity index (χ4v) is 4.43. The fraction of sp³-hybridized carbons (Fsp3) is 0.348. The first-order chi connectivity index (χ1) is 14.9. The summed E-state index contributed by atoms with van der Waals surface area (Å²) in [6, 6.07) is 8.68. The summed E-state index contributed by atoms with van der Waals surface area (Å²) in [7, 11) is 1.67. The van der Waals surface area contributed by atoms with Crippen molar-refractivity contribution in [1.29, 1.82) is 0 Å². The van der Waals surface area contributed by atoms with Crippen LogP contribution in [0.15, 0.2) is 42.7 Å². The normalized spacial score (nSPS) is 15.9. The smallest absolute Gasteiger partial charge is 0.419 e. The Labute approximate surface area is 177 Å². The van der Waals surface area contributed by atoms with E-state index in [0.29, 0.717) is 23.1 Å². The zero-order chi connectivity index (χ0) is 21.6. The van der Waals surface area contributed by atoms with Crippen LogP contribution in [0.5, 0.6) is 5.75 Å². The van der Waals surface area contributed by atoms with Crippen molar-refractivity contribution in [2.24, 2.45) is 7.05 Å². The van der Waals surface area contributed by atoms with Gasteiger partial charge in [0.1, 0.15) is 12.4 Å². The van der Waals surface area contributed by atoms with Gasteiger partial charge in [0.25, 0.3) is 0 Å². The van der Waals surface area contributed by atoms with Crippen LogP contribution in [0.25, 0.3) is 32.6 Å². The van der Waals surface area contributed by atoms with Gasteiger partial charge in [-0.3, -0.25) is 9.88 Å². The SMILES string of the molecule is Cn1c2ccc(OCCN3CCOCC3)cc2c2cc3cnccc3c(C(F)(F)F)c21.